The minimum absolute atomic E-state index is 0.166. The number of sulfone groups is 1. The van der Waals surface area contributed by atoms with Gasteiger partial charge in [-0.3, -0.25) is 0 Å². The molecule has 27 heavy (non-hydrogen) atoms. The van der Waals surface area contributed by atoms with Gasteiger partial charge in [-0.15, -0.1) is 0 Å². The molecule has 0 aliphatic rings. The second kappa shape index (κ2) is 8.88. The summed E-state index contributed by atoms with van der Waals surface area (Å²) in [7, 11) is -3.72. The van der Waals surface area contributed by atoms with E-state index in [1.165, 1.54) is 4.68 Å². The van der Waals surface area contributed by atoms with E-state index in [-0.39, 0.29) is 10.9 Å². The molecule has 8 heteroatoms. The van der Waals surface area contributed by atoms with Crippen molar-refractivity contribution in [3.8, 4) is 5.69 Å². The second-order valence-electron chi connectivity index (χ2n) is 6.20. The first kappa shape index (κ1) is 19.2. The molecular weight excluding hydrogens is 364 g/mol. The van der Waals surface area contributed by atoms with Gasteiger partial charge < -0.3 is 4.74 Å². The van der Waals surface area contributed by atoms with E-state index >= 15 is 0 Å². The molecule has 0 saturated carbocycles. The van der Waals surface area contributed by atoms with Gasteiger partial charge in [0, 0.05) is 0 Å². The number of ether oxygens (including phenoxy) is 1. The van der Waals surface area contributed by atoms with Crippen LogP contribution in [0.5, 0.6) is 0 Å². The first-order valence-electron chi connectivity index (χ1n) is 8.82. The maximum absolute atomic E-state index is 12.9. The third kappa shape index (κ3) is 4.99. The highest BCUT2D eigenvalue weighted by Crippen LogP contribution is 2.17. The van der Waals surface area contributed by atoms with E-state index in [9.17, 15) is 8.42 Å². The Kier molecular flexibility index (Phi) is 6.31. The largest absolute Gasteiger partial charge is 0.372 e. The lowest BCUT2D eigenvalue weighted by Crippen LogP contribution is -2.26. The van der Waals surface area contributed by atoms with E-state index < -0.39 is 15.9 Å². The fraction of sp³-hybridized carbons (Fsp3) is 0.316. The highest BCUT2D eigenvalue weighted by molar-refractivity contribution is 7.91. The molecule has 0 spiro atoms. The number of aromatic nitrogens is 4. The Morgan fingerprint density at radius 3 is 2.37 bits per heavy atom. The number of hydrogen-bond donors (Lipinski definition) is 0. The summed E-state index contributed by atoms with van der Waals surface area (Å²) in [5, 5.41) is 11.0. The molecular formula is C19H22N4O3S. The Hall–Kier alpha value is -2.58. The summed E-state index contributed by atoms with van der Waals surface area (Å²) < 4.78 is 33.0. The first-order valence-corrected chi connectivity index (χ1v) is 10.5. The molecule has 3 aromatic rings. The van der Waals surface area contributed by atoms with E-state index in [0.717, 1.165) is 12.0 Å². The third-order valence-electron chi connectivity index (χ3n) is 4.06. The van der Waals surface area contributed by atoms with Gasteiger partial charge in [0.25, 0.3) is 5.16 Å². The van der Waals surface area contributed by atoms with Gasteiger partial charge in [-0.1, -0.05) is 67.0 Å². The van der Waals surface area contributed by atoms with Gasteiger partial charge in [0.2, 0.25) is 9.84 Å². The molecule has 0 fully saturated rings. The number of para-hydroxylation sites is 1. The van der Waals surface area contributed by atoms with Crippen LogP contribution >= 0.6 is 0 Å². The Morgan fingerprint density at radius 1 is 1.04 bits per heavy atom. The van der Waals surface area contributed by atoms with Gasteiger partial charge in [-0.25, -0.2) is 8.42 Å². The minimum atomic E-state index is -3.72. The van der Waals surface area contributed by atoms with Crippen LogP contribution in [0.1, 0.15) is 25.3 Å². The Morgan fingerprint density at radius 2 is 1.70 bits per heavy atom. The van der Waals surface area contributed by atoms with Crippen molar-refractivity contribution in [1.29, 1.82) is 0 Å². The van der Waals surface area contributed by atoms with Gasteiger partial charge in [0.15, 0.2) is 0 Å². The van der Waals surface area contributed by atoms with Crippen LogP contribution in [0.3, 0.4) is 0 Å². The molecule has 3 rings (SSSR count). The Bertz CT molecular complexity index is 943. The normalized spacial score (nSPS) is 12.8. The number of benzene rings is 2. The fourth-order valence-corrected chi connectivity index (χ4v) is 4.22. The maximum Gasteiger partial charge on any atom is 0.272 e. The van der Waals surface area contributed by atoms with Crippen molar-refractivity contribution in [3.63, 3.8) is 0 Å². The highest BCUT2D eigenvalue weighted by atomic mass is 32.2. The molecule has 0 amide bonds. The van der Waals surface area contributed by atoms with Crippen molar-refractivity contribution in [2.45, 2.75) is 37.6 Å². The third-order valence-corrected chi connectivity index (χ3v) is 5.69. The smallest absolute Gasteiger partial charge is 0.272 e. The highest BCUT2D eigenvalue weighted by Gasteiger charge is 2.28. The van der Waals surface area contributed by atoms with Crippen molar-refractivity contribution in [3.05, 3.63) is 66.2 Å². The molecule has 2 aromatic carbocycles. The lowest BCUT2D eigenvalue weighted by molar-refractivity contribution is 0.0491. The van der Waals surface area contributed by atoms with Crippen molar-refractivity contribution in [2.75, 3.05) is 5.75 Å². The summed E-state index contributed by atoms with van der Waals surface area (Å²) in [5.74, 6) is -0.166. The van der Waals surface area contributed by atoms with E-state index in [2.05, 4.69) is 15.5 Å². The van der Waals surface area contributed by atoms with Crippen LogP contribution in [0, 0.1) is 0 Å². The monoisotopic (exact) mass is 386 g/mol. The predicted octanol–water partition coefficient (Wildman–Crippen LogP) is 2.82. The second-order valence-corrected chi connectivity index (χ2v) is 8.13. The average Bonchev–Trinajstić information content (AvgIpc) is 3.19. The van der Waals surface area contributed by atoms with E-state index in [1.54, 1.807) is 24.3 Å². The summed E-state index contributed by atoms with van der Waals surface area (Å²) in [4.78, 5) is 0. The molecule has 0 N–H and O–H groups in total. The molecule has 1 heterocycles. The van der Waals surface area contributed by atoms with Gasteiger partial charge in [-0.05, 0) is 34.5 Å². The molecule has 0 saturated heterocycles. The SMILES string of the molecule is CCC[C@@H](CS(=O)(=O)c1nnnn1-c1ccccc1)OCc1ccccc1. The molecule has 1 atom stereocenters. The topological polar surface area (TPSA) is 87.0 Å². The molecule has 0 bridgehead atoms. The van der Waals surface area contributed by atoms with E-state index in [1.807, 2.05) is 43.3 Å². The van der Waals surface area contributed by atoms with Crippen LogP contribution in [0.4, 0.5) is 0 Å². The maximum atomic E-state index is 12.9. The molecule has 1 aromatic heterocycles. The molecule has 0 aliphatic heterocycles. The standard InChI is InChI=1S/C19H22N4O3S/c1-2-9-18(26-14-16-10-5-3-6-11-16)15-27(24,25)19-20-21-22-23(19)17-12-7-4-8-13-17/h3-8,10-13,18H,2,9,14-15H2,1H3/t18-/m0/s1. The Labute approximate surface area is 158 Å². The predicted molar refractivity (Wildman–Crippen MR) is 101 cm³/mol. The quantitative estimate of drug-likeness (QED) is 0.562. The van der Waals surface area contributed by atoms with Crippen molar-refractivity contribution in [1.82, 2.24) is 20.2 Å². The van der Waals surface area contributed by atoms with Crippen LogP contribution in [-0.4, -0.2) is 40.5 Å². The summed E-state index contributed by atoms with van der Waals surface area (Å²) in [6.07, 6.45) is 1.03. The Balaban J connectivity index is 1.76. The van der Waals surface area contributed by atoms with Crippen molar-refractivity contribution in [2.24, 2.45) is 0 Å². The van der Waals surface area contributed by atoms with Crippen LogP contribution in [-0.2, 0) is 21.2 Å². The first-order chi connectivity index (χ1) is 13.1. The van der Waals surface area contributed by atoms with Crippen LogP contribution in [0.25, 0.3) is 5.69 Å². The number of rotatable bonds is 9. The summed E-state index contributed by atoms with van der Waals surface area (Å²) >= 11 is 0. The van der Waals surface area contributed by atoms with Crippen LogP contribution in [0.2, 0.25) is 0 Å². The minimum Gasteiger partial charge on any atom is -0.372 e. The zero-order valence-corrected chi connectivity index (χ0v) is 15.9. The number of hydrogen-bond acceptors (Lipinski definition) is 6. The summed E-state index contributed by atoms with van der Waals surface area (Å²) in [6, 6.07) is 18.7. The molecule has 0 unspecified atom stereocenters. The van der Waals surface area contributed by atoms with Gasteiger partial charge in [0.05, 0.1) is 24.2 Å². The summed E-state index contributed by atoms with van der Waals surface area (Å²) in [5.41, 5.74) is 1.60. The summed E-state index contributed by atoms with van der Waals surface area (Å²) in [6.45, 7) is 2.37. The molecule has 0 radical (unpaired) electrons. The van der Waals surface area contributed by atoms with Gasteiger partial charge in [-0.2, -0.15) is 4.68 Å². The van der Waals surface area contributed by atoms with E-state index in [4.69, 9.17) is 4.74 Å². The van der Waals surface area contributed by atoms with Crippen LogP contribution < -0.4 is 0 Å². The molecule has 7 nitrogen and oxygen atoms in total. The lowest BCUT2D eigenvalue weighted by Gasteiger charge is -2.17. The van der Waals surface area contributed by atoms with Gasteiger partial charge in [0.1, 0.15) is 0 Å². The van der Waals surface area contributed by atoms with Crippen molar-refractivity contribution < 1.29 is 13.2 Å². The molecule has 142 valence electrons. The van der Waals surface area contributed by atoms with Crippen molar-refractivity contribution >= 4 is 9.84 Å². The fourth-order valence-electron chi connectivity index (χ4n) is 2.75. The number of tetrazole rings is 1. The van der Waals surface area contributed by atoms with E-state index in [0.29, 0.717) is 18.7 Å². The molecule has 0 aliphatic carbocycles. The zero-order valence-electron chi connectivity index (χ0n) is 15.1. The van der Waals surface area contributed by atoms with Crippen LogP contribution in [0.15, 0.2) is 65.8 Å². The van der Waals surface area contributed by atoms with Gasteiger partial charge >= 0.3 is 0 Å². The lowest BCUT2D eigenvalue weighted by atomic mass is 10.2. The number of nitrogens with zero attached hydrogens (tertiary/aromatic N) is 4. The average molecular weight is 386 g/mol. The zero-order chi connectivity index (χ0) is 19.1.